The molecule has 8 atom stereocenters. The Morgan fingerprint density at radius 1 is 0.704 bits per heavy atom. The predicted octanol–water partition coefficient (Wildman–Crippen LogP) is 2.86. The summed E-state index contributed by atoms with van der Waals surface area (Å²) in [6.45, 7) is 19.1. The third-order valence-corrected chi connectivity index (χ3v) is 12.8. The summed E-state index contributed by atoms with van der Waals surface area (Å²) in [4.78, 5) is 126. The van der Waals surface area contributed by atoms with E-state index in [1.807, 2.05) is 58.0 Å². The summed E-state index contributed by atoms with van der Waals surface area (Å²) in [5.41, 5.74) is 1.27. The average Bonchev–Trinajstić information content (AvgIpc) is 3.81. The van der Waals surface area contributed by atoms with Crippen LogP contribution in [0.3, 0.4) is 0 Å². The zero-order valence-corrected chi connectivity index (χ0v) is 44.0. The largest absolute Gasteiger partial charge is 0.455 e. The molecule has 0 saturated heterocycles. The molecule has 0 radical (unpaired) electrons. The first kappa shape index (κ1) is 60.3. The van der Waals surface area contributed by atoms with Crippen LogP contribution in [0.2, 0.25) is 0 Å². The van der Waals surface area contributed by atoms with Crippen molar-refractivity contribution < 1.29 is 47.9 Å². The number of esters is 1. The maximum Gasteiger partial charge on any atom is 0.303 e. The number of terminal acetylenes is 2. The molecule has 71 heavy (non-hydrogen) atoms. The molecule has 2 rings (SSSR count). The Hall–Kier alpha value is -6.80. The first-order valence-corrected chi connectivity index (χ1v) is 24.6. The first-order chi connectivity index (χ1) is 33.3. The smallest absolute Gasteiger partial charge is 0.303 e. The highest BCUT2D eigenvalue weighted by atomic mass is 32.1. The number of benzene rings is 1. The molecule has 8 amide bonds. The van der Waals surface area contributed by atoms with Crippen molar-refractivity contribution in [2.75, 3.05) is 14.1 Å². The van der Waals surface area contributed by atoms with E-state index in [0.717, 1.165) is 12.0 Å². The Balaban J connectivity index is 2.30. The van der Waals surface area contributed by atoms with Gasteiger partial charge in [0.05, 0.1) is 0 Å². The molecule has 1 aromatic carbocycles. The van der Waals surface area contributed by atoms with Crippen LogP contribution < -0.4 is 31.9 Å². The molecular weight excluding hydrogens is 931 g/mol. The van der Waals surface area contributed by atoms with Crippen LogP contribution in [0.1, 0.15) is 123 Å². The van der Waals surface area contributed by atoms with E-state index in [-0.39, 0.29) is 35.9 Å². The van der Waals surface area contributed by atoms with E-state index < -0.39 is 95.7 Å². The minimum absolute atomic E-state index is 0.127. The van der Waals surface area contributed by atoms with Crippen molar-refractivity contribution in [1.29, 1.82) is 0 Å². The number of amides is 8. The Kier molecular flexibility index (Phi) is 24.4. The number of nitrogens with zero attached hydrogens (tertiary/aromatic N) is 3. The number of thiazole rings is 1. The molecule has 2 aromatic rings. The van der Waals surface area contributed by atoms with Crippen molar-refractivity contribution in [3.63, 3.8) is 0 Å². The van der Waals surface area contributed by atoms with Gasteiger partial charge in [0.2, 0.25) is 23.6 Å². The minimum atomic E-state index is -1.72. The van der Waals surface area contributed by atoms with E-state index in [9.17, 15) is 43.2 Å². The van der Waals surface area contributed by atoms with Crippen LogP contribution >= 0.6 is 11.3 Å². The van der Waals surface area contributed by atoms with Crippen molar-refractivity contribution >= 4 is 64.6 Å². The van der Waals surface area contributed by atoms with Gasteiger partial charge in [-0.2, -0.15) is 0 Å². The number of ether oxygens (including phenoxy) is 1. The van der Waals surface area contributed by atoms with Crippen LogP contribution in [-0.2, 0) is 49.5 Å². The third kappa shape index (κ3) is 18.8. The second-order valence-electron chi connectivity index (χ2n) is 18.8. The predicted molar refractivity (Wildman–Crippen MR) is 269 cm³/mol. The molecule has 388 valence electrons. The van der Waals surface area contributed by atoms with Crippen molar-refractivity contribution in [1.82, 2.24) is 46.7 Å². The van der Waals surface area contributed by atoms with Crippen LogP contribution in [0.4, 0.5) is 0 Å². The van der Waals surface area contributed by atoms with E-state index in [1.54, 1.807) is 38.1 Å². The van der Waals surface area contributed by atoms with Gasteiger partial charge < -0.3 is 46.4 Å². The fourth-order valence-corrected chi connectivity index (χ4v) is 8.74. The number of hydrogen-bond acceptors (Lipinski definition) is 12. The standard InChI is InChI=1S/C51H73N9O10S/c1-16-31(10)42(58-47(66)43(30(8)9)60(15)50(68)33(12)53-45(64)32(11)52-48(67)44(56-40(62)17-2)57-41(63)18-3)51(69)59(14)38(29(6)7)26-39(70-34(13)61)49-55-37(27-71-49)46(65)54-36(24-28(4)5)25-35-22-20-19-21-23-35/h2-3,19-23,27-33,36,38-39,42-44H,16,24-26H2,1,4-15H3,(H,52,67)(H,53,64)(H,54,65)(H,56,62)(H,57,63)(H,58,66)/t31-,32-,33-,36+,38+,39+,42-,43-/m0/s1. The Morgan fingerprint density at radius 3 is 1.79 bits per heavy atom. The molecule has 19 nitrogen and oxygen atoms in total. The molecule has 0 spiro atoms. The highest BCUT2D eigenvalue weighted by Gasteiger charge is 2.39. The monoisotopic (exact) mass is 1000 g/mol. The second-order valence-corrected chi connectivity index (χ2v) is 19.7. The summed E-state index contributed by atoms with van der Waals surface area (Å²) in [5.74, 6) is -3.84. The molecule has 20 heteroatoms. The van der Waals surface area contributed by atoms with Gasteiger partial charge in [0.25, 0.3) is 23.6 Å². The number of aromatic nitrogens is 1. The molecule has 0 unspecified atom stereocenters. The van der Waals surface area contributed by atoms with Gasteiger partial charge in [-0.1, -0.05) is 92.1 Å². The minimum Gasteiger partial charge on any atom is -0.455 e. The summed E-state index contributed by atoms with van der Waals surface area (Å²) >= 11 is 1.18. The fourth-order valence-electron chi connectivity index (χ4n) is 7.90. The molecule has 0 bridgehead atoms. The highest BCUT2D eigenvalue weighted by molar-refractivity contribution is 7.09. The summed E-state index contributed by atoms with van der Waals surface area (Å²) in [6.07, 6.45) is 9.49. The molecule has 1 heterocycles. The summed E-state index contributed by atoms with van der Waals surface area (Å²) in [7, 11) is 3.01. The molecule has 6 N–H and O–H groups in total. The van der Waals surface area contributed by atoms with Crippen molar-refractivity contribution in [3.8, 4) is 24.7 Å². The van der Waals surface area contributed by atoms with Crippen LogP contribution in [0.25, 0.3) is 0 Å². The molecule has 1 aromatic heterocycles. The van der Waals surface area contributed by atoms with Gasteiger partial charge >= 0.3 is 5.97 Å². The van der Waals surface area contributed by atoms with E-state index in [0.29, 0.717) is 23.8 Å². The fraction of sp³-hybridized carbons (Fsp3) is 0.569. The second kappa shape index (κ2) is 28.8. The number of likely N-dealkylation sites (N-methyl/N-ethyl adjacent to an activating group) is 2. The number of rotatable bonds is 26. The van der Waals surface area contributed by atoms with Crippen molar-refractivity contribution in [3.05, 3.63) is 52.0 Å². The quantitative estimate of drug-likeness (QED) is 0.0454. The molecular formula is C51H73N9O10S. The number of carbonyl (C=O) groups excluding carboxylic acids is 9. The first-order valence-electron chi connectivity index (χ1n) is 23.7. The summed E-state index contributed by atoms with van der Waals surface area (Å²) < 4.78 is 5.82. The molecule has 0 saturated carbocycles. The van der Waals surface area contributed by atoms with Crippen molar-refractivity contribution in [2.45, 2.75) is 150 Å². The van der Waals surface area contributed by atoms with Crippen LogP contribution in [0.15, 0.2) is 35.7 Å². The lowest BCUT2D eigenvalue weighted by molar-refractivity contribution is -0.149. The maximum atomic E-state index is 14.6. The van der Waals surface area contributed by atoms with Crippen LogP contribution in [0, 0.1) is 48.4 Å². The number of hydrogen-bond donors (Lipinski definition) is 6. The Labute approximate surface area is 422 Å². The zero-order chi connectivity index (χ0) is 53.9. The third-order valence-electron chi connectivity index (χ3n) is 11.8. The van der Waals surface area contributed by atoms with Crippen LogP contribution in [-0.4, -0.2) is 125 Å². The van der Waals surface area contributed by atoms with Gasteiger partial charge in [-0.05, 0) is 67.8 Å². The SMILES string of the molecule is C#CC(=O)NC(NC(=O)C#C)C(=O)N[C@@H](C)C(=O)N[C@@H](C)C(=O)N(C)[C@H](C(=O)N[C@H](C(=O)N(C)[C@H](C[C@@H](OC(C)=O)c1nc(C(=O)N[C@@H](Cc2ccccc2)CC(C)C)cs1)C(C)C)[C@@H](C)CC)C(C)C. The Morgan fingerprint density at radius 2 is 1.28 bits per heavy atom. The van der Waals surface area contributed by atoms with E-state index in [1.165, 1.54) is 49.0 Å². The number of carbonyl (C=O) groups is 9. The topological polar surface area (TPSA) is 254 Å². The molecule has 0 aliphatic carbocycles. The lowest BCUT2D eigenvalue weighted by atomic mass is 9.92. The van der Waals surface area contributed by atoms with Gasteiger partial charge in [0, 0.05) is 44.9 Å². The average molecular weight is 1000 g/mol. The lowest BCUT2D eigenvalue weighted by Crippen LogP contribution is -2.61. The van der Waals surface area contributed by atoms with E-state index in [2.05, 4.69) is 50.7 Å². The molecule has 0 fully saturated rings. The highest BCUT2D eigenvalue weighted by Crippen LogP contribution is 2.31. The normalized spacial score (nSPS) is 14.5. The van der Waals surface area contributed by atoms with Gasteiger partial charge in [-0.3, -0.25) is 43.2 Å². The van der Waals surface area contributed by atoms with Gasteiger partial charge in [0.15, 0.2) is 12.3 Å². The van der Waals surface area contributed by atoms with Crippen molar-refractivity contribution in [2.24, 2.45) is 23.7 Å². The summed E-state index contributed by atoms with van der Waals surface area (Å²) in [5, 5.41) is 17.0. The Bertz CT molecular complexity index is 2240. The van der Waals surface area contributed by atoms with Gasteiger partial charge in [-0.15, -0.1) is 24.2 Å². The van der Waals surface area contributed by atoms with E-state index in [4.69, 9.17) is 17.6 Å². The molecule has 0 aliphatic rings. The summed E-state index contributed by atoms with van der Waals surface area (Å²) in [6, 6.07) is 4.50. The number of nitrogens with one attached hydrogen (secondary N) is 6. The van der Waals surface area contributed by atoms with Gasteiger partial charge in [0.1, 0.15) is 34.9 Å². The van der Waals surface area contributed by atoms with E-state index >= 15 is 0 Å². The van der Waals surface area contributed by atoms with Gasteiger partial charge in [-0.25, -0.2) is 4.98 Å². The molecule has 0 aliphatic heterocycles. The zero-order valence-electron chi connectivity index (χ0n) is 43.2. The van der Waals surface area contributed by atoms with Crippen LogP contribution in [0.5, 0.6) is 0 Å². The maximum absolute atomic E-state index is 14.6. The lowest BCUT2D eigenvalue weighted by Gasteiger charge is -2.38.